The van der Waals surface area contributed by atoms with E-state index < -0.39 is 17.5 Å². The van der Waals surface area contributed by atoms with Gasteiger partial charge >= 0.3 is 0 Å². The number of nitrogen functional groups attached to an aromatic ring is 1. The van der Waals surface area contributed by atoms with Crippen LogP contribution in [0.3, 0.4) is 0 Å². The molecule has 0 saturated carbocycles. The molecule has 0 aliphatic carbocycles. The third kappa shape index (κ3) is 11.9. The average molecular weight is 960 g/mol. The Labute approximate surface area is 406 Å². The van der Waals surface area contributed by atoms with E-state index in [2.05, 4.69) is 35.4 Å². The number of amides is 3. The monoisotopic (exact) mass is 959 g/mol. The van der Waals surface area contributed by atoms with E-state index in [9.17, 15) is 14.4 Å². The smallest absolute Gasteiger partial charge is 0.246 e. The highest BCUT2D eigenvalue weighted by atomic mass is 32.1. The molecule has 2 unspecified atom stereocenters. The Kier molecular flexibility index (Phi) is 15.6. The molecule has 18 heteroatoms. The zero-order valence-corrected chi connectivity index (χ0v) is 40.9. The van der Waals surface area contributed by atoms with Gasteiger partial charge in [0.1, 0.15) is 35.1 Å². The highest BCUT2D eigenvalue weighted by Crippen LogP contribution is 2.30. The van der Waals surface area contributed by atoms with Gasteiger partial charge in [-0.25, -0.2) is 24.3 Å². The Bertz CT molecular complexity index is 2750. The molecule has 364 valence electrons. The zero-order chi connectivity index (χ0) is 48.7. The molecule has 8 rings (SSSR count). The zero-order valence-electron chi connectivity index (χ0n) is 40.0. The summed E-state index contributed by atoms with van der Waals surface area (Å²) in [7, 11) is 0. The summed E-state index contributed by atoms with van der Waals surface area (Å²) in [6, 6.07) is 19.3. The highest BCUT2D eigenvalue weighted by Gasteiger charge is 2.41. The number of hydrogen-bond donors (Lipinski definition) is 3. The molecular weight excluding hydrogens is 898 g/mol. The lowest BCUT2D eigenvalue weighted by Gasteiger charge is -2.36. The van der Waals surface area contributed by atoms with Gasteiger partial charge in [0.05, 0.1) is 59.6 Å². The van der Waals surface area contributed by atoms with Gasteiger partial charge in [-0.1, -0.05) is 45.0 Å². The Morgan fingerprint density at radius 2 is 1.65 bits per heavy atom. The number of nitrogens with two attached hydrogens (primary N) is 1. The van der Waals surface area contributed by atoms with Gasteiger partial charge in [-0.15, -0.1) is 11.3 Å². The molecular formula is C51H62FN11O5S. The fourth-order valence-corrected chi connectivity index (χ4v) is 9.75. The summed E-state index contributed by atoms with van der Waals surface area (Å²) in [6.07, 6.45) is 3.00. The van der Waals surface area contributed by atoms with Crippen molar-refractivity contribution in [2.75, 3.05) is 76.3 Å². The van der Waals surface area contributed by atoms with Crippen molar-refractivity contribution in [3.05, 3.63) is 101 Å². The van der Waals surface area contributed by atoms with Gasteiger partial charge in [0, 0.05) is 70.1 Å². The standard InChI is InChI=1S/C51H62FN11O5S/c1-33-46(69-32-56-33)36-10-8-35(9-11-36)31-55-49(65)43-7-6-19-62(43)50(66)47(51(3,4)5)59-45(64)17-25-67-27-28-68-26-24-60-20-22-61(23-21-60)42-15-12-38(30-39(42)52)63-34(2)57-41-14-13-40(58-48(41)63)37-16-18-54-44(53)29-37/h8-16,18,29-30,32,43,47H,6-7,17,19-28,31H2,1-5H3,(H2,53,54)(H,55,65)(H,59,64). The number of imidazole rings is 1. The van der Waals surface area contributed by atoms with Crippen molar-refractivity contribution in [3.8, 4) is 27.4 Å². The number of aromatic nitrogens is 5. The summed E-state index contributed by atoms with van der Waals surface area (Å²) in [5, 5.41) is 5.97. The van der Waals surface area contributed by atoms with Crippen LogP contribution in [0.15, 0.2) is 78.4 Å². The van der Waals surface area contributed by atoms with Gasteiger partial charge in [0.15, 0.2) is 5.65 Å². The molecule has 6 heterocycles. The average Bonchev–Trinajstić information content (AvgIpc) is 4.09. The normalized spacial score (nSPS) is 16.0. The second kappa shape index (κ2) is 22.0. The number of benzene rings is 2. The number of thiazole rings is 1. The van der Waals surface area contributed by atoms with Crippen LogP contribution in [0.2, 0.25) is 0 Å². The maximum atomic E-state index is 15.8. The summed E-state index contributed by atoms with van der Waals surface area (Å²) >= 11 is 1.60. The molecule has 16 nitrogen and oxygen atoms in total. The van der Waals surface area contributed by atoms with E-state index in [4.69, 9.17) is 20.2 Å². The van der Waals surface area contributed by atoms with Gasteiger partial charge in [0.2, 0.25) is 17.7 Å². The van der Waals surface area contributed by atoms with Gasteiger partial charge in [-0.05, 0) is 79.6 Å². The van der Waals surface area contributed by atoms with E-state index in [1.54, 1.807) is 34.6 Å². The topological polar surface area (TPSA) is 186 Å². The number of halogens is 1. The Balaban J connectivity index is 0.722. The molecule has 2 aliphatic rings. The van der Waals surface area contributed by atoms with Crippen molar-refractivity contribution in [1.29, 1.82) is 0 Å². The maximum Gasteiger partial charge on any atom is 0.246 e. The second-order valence-electron chi connectivity index (χ2n) is 18.7. The van der Waals surface area contributed by atoms with Crippen LogP contribution < -0.4 is 21.3 Å². The van der Waals surface area contributed by atoms with Crippen molar-refractivity contribution < 1.29 is 28.2 Å². The maximum absolute atomic E-state index is 15.8. The molecule has 2 aliphatic heterocycles. The largest absolute Gasteiger partial charge is 0.384 e. The Morgan fingerprint density at radius 3 is 2.36 bits per heavy atom. The fourth-order valence-electron chi connectivity index (χ4n) is 8.94. The van der Waals surface area contributed by atoms with Crippen LogP contribution in [-0.2, 0) is 30.4 Å². The van der Waals surface area contributed by atoms with Crippen molar-refractivity contribution in [3.63, 3.8) is 0 Å². The van der Waals surface area contributed by atoms with E-state index in [0.717, 1.165) is 52.6 Å². The number of aryl methyl sites for hydroxylation is 2. The minimum Gasteiger partial charge on any atom is -0.384 e. The third-order valence-electron chi connectivity index (χ3n) is 12.7. The summed E-state index contributed by atoms with van der Waals surface area (Å²) in [4.78, 5) is 65.6. The molecule has 4 N–H and O–H groups in total. The predicted molar refractivity (Wildman–Crippen MR) is 266 cm³/mol. The van der Waals surface area contributed by atoms with Crippen LogP contribution >= 0.6 is 11.3 Å². The minimum absolute atomic E-state index is 0.0835. The van der Waals surface area contributed by atoms with Gasteiger partial charge in [-0.2, -0.15) is 0 Å². The summed E-state index contributed by atoms with van der Waals surface area (Å²) < 4.78 is 29.2. The molecule has 2 saturated heterocycles. The van der Waals surface area contributed by atoms with Crippen LogP contribution in [0.5, 0.6) is 0 Å². The van der Waals surface area contributed by atoms with Gasteiger partial charge in [-0.3, -0.25) is 23.9 Å². The van der Waals surface area contributed by atoms with Crippen molar-refractivity contribution in [2.45, 2.75) is 72.5 Å². The molecule has 69 heavy (non-hydrogen) atoms. The van der Waals surface area contributed by atoms with Crippen LogP contribution in [-0.4, -0.2) is 130 Å². The summed E-state index contributed by atoms with van der Waals surface area (Å²) in [6.45, 7) is 15.4. The number of anilines is 2. The molecule has 0 bridgehead atoms. The van der Waals surface area contributed by atoms with Crippen LogP contribution in [0, 0.1) is 25.1 Å². The lowest BCUT2D eigenvalue weighted by atomic mass is 9.85. The summed E-state index contributed by atoms with van der Waals surface area (Å²) in [5.41, 5.74) is 14.3. The summed E-state index contributed by atoms with van der Waals surface area (Å²) in [5.74, 6) is 0.0497. The van der Waals surface area contributed by atoms with Gasteiger partial charge in [0.25, 0.3) is 0 Å². The first-order valence-corrected chi connectivity index (χ1v) is 24.5. The number of nitrogens with one attached hydrogen (secondary N) is 2. The molecule has 2 atom stereocenters. The number of hydrogen-bond acceptors (Lipinski definition) is 13. The van der Waals surface area contributed by atoms with Gasteiger partial charge < -0.3 is 35.6 Å². The van der Waals surface area contributed by atoms with E-state index in [1.165, 1.54) is 0 Å². The van der Waals surface area contributed by atoms with Crippen LogP contribution in [0.25, 0.3) is 38.5 Å². The molecule has 0 radical (unpaired) electrons. The van der Waals surface area contributed by atoms with E-state index >= 15 is 4.39 Å². The number of rotatable bonds is 18. The third-order valence-corrected chi connectivity index (χ3v) is 13.7. The van der Waals surface area contributed by atoms with Crippen molar-refractivity contribution in [2.24, 2.45) is 5.41 Å². The number of carbonyl (C=O) groups is 3. The number of fused-ring (bicyclic) bond motifs is 1. The number of likely N-dealkylation sites (tertiary alicyclic amines) is 1. The Hall–Kier alpha value is -6.34. The number of carbonyl (C=O) groups excluding carboxylic acids is 3. The van der Waals surface area contributed by atoms with E-state index in [1.807, 2.05) is 99.3 Å². The van der Waals surface area contributed by atoms with Crippen molar-refractivity contribution in [1.82, 2.24) is 44.9 Å². The highest BCUT2D eigenvalue weighted by molar-refractivity contribution is 7.13. The lowest BCUT2D eigenvalue weighted by Crippen LogP contribution is -2.57. The predicted octanol–water partition coefficient (Wildman–Crippen LogP) is 6.33. The minimum atomic E-state index is -0.809. The van der Waals surface area contributed by atoms with E-state index in [-0.39, 0.29) is 36.6 Å². The molecule has 6 aromatic rings. The van der Waals surface area contributed by atoms with Crippen LogP contribution in [0.4, 0.5) is 15.9 Å². The Morgan fingerprint density at radius 1 is 0.884 bits per heavy atom. The quantitative estimate of drug-likeness (QED) is 0.0815. The fraction of sp³-hybridized carbons (Fsp3) is 0.431. The van der Waals surface area contributed by atoms with Crippen molar-refractivity contribution >= 4 is 51.7 Å². The number of ether oxygens (including phenoxy) is 2. The number of pyridine rings is 2. The number of nitrogens with zero attached hydrogens (tertiary/aromatic N) is 8. The molecule has 3 amide bonds. The lowest BCUT2D eigenvalue weighted by molar-refractivity contribution is -0.144. The SMILES string of the molecule is Cc1ncsc1-c1ccc(CNC(=O)C2CCCN2C(=O)C(NC(=O)CCOCCOCCN2CCN(c3ccc(-n4c(C)nc5ccc(-c6ccnc(N)c6)nc54)cc3F)CC2)C(C)(C)C)cc1. The van der Waals surface area contributed by atoms with E-state index in [0.29, 0.717) is 93.0 Å². The second-order valence-corrected chi connectivity index (χ2v) is 19.5. The molecule has 4 aromatic heterocycles. The molecule has 0 spiro atoms. The first-order chi connectivity index (χ1) is 33.2. The molecule has 2 aromatic carbocycles. The van der Waals surface area contributed by atoms with Crippen LogP contribution in [0.1, 0.15) is 57.1 Å². The first kappa shape index (κ1) is 49.1. The number of piperazine rings is 1. The molecule has 2 fully saturated rings. The first-order valence-electron chi connectivity index (χ1n) is 23.6.